The molecule has 2 atom stereocenters. The molecule has 0 saturated heterocycles. The summed E-state index contributed by atoms with van der Waals surface area (Å²) in [6, 6.07) is 5.01. The molecule has 1 aromatic carbocycles. The van der Waals surface area contributed by atoms with Crippen molar-refractivity contribution in [3.8, 4) is 0 Å². The maximum Gasteiger partial charge on any atom is 0.224 e. The fraction of sp³-hybridized carbons (Fsp3) is 0.444. The fourth-order valence-electron chi connectivity index (χ4n) is 3.00. The molecular formula is C18H23FN4O. The molecule has 24 heavy (non-hydrogen) atoms. The van der Waals surface area contributed by atoms with Gasteiger partial charge in [0.1, 0.15) is 5.82 Å². The lowest BCUT2D eigenvalue weighted by molar-refractivity contribution is -0.122. The normalized spacial score (nSPS) is 19.5. The van der Waals surface area contributed by atoms with Gasteiger partial charge in [0, 0.05) is 37.8 Å². The lowest BCUT2D eigenvalue weighted by atomic mass is 10.1. The van der Waals surface area contributed by atoms with Crippen LogP contribution < -0.4 is 5.32 Å². The van der Waals surface area contributed by atoms with Crippen LogP contribution in [0, 0.1) is 11.7 Å². The smallest absolute Gasteiger partial charge is 0.224 e. The Kier molecular flexibility index (Phi) is 4.66. The quantitative estimate of drug-likeness (QED) is 0.882. The average Bonchev–Trinajstić information content (AvgIpc) is 3.22. The number of hydrogen-bond donors (Lipinski definition) is 1. The SMILES string of the molecule is CN(C)Cc1cc(CNC(=O)[C@H]2C[C@H]2c2cnn(C)c2)ccc1F. The number of rotatable bonds is 6. The topological polar surface area (TPSA) is 50.2 Å². The van der Waals surface area contributed by atoms with Crippen molar-refractivity contribution in [2.75, 3.05) is 14.1 Å². The van der Waals surface area contributed by atoms with Crippen LogP contribution in [0.15, 0.2) is 30.6 Å². The number of benzene rings is 1. The van der Waals surface area contributed by atoms with Crippen molar-refractivity contribution >= 4 is 5.91 Å². The van der Waals surface area contributed by atoms with E-state index in [1.165, 1.54) is 6.07 Å². The molecule has 2 aromatic rings. The molecule has 128 valence electrons. The molecule has 1 N–H and O–H groups in total. The van der Waals surface area contributed by atoms with Crippen LogP contribution in [0.25, 0.3) is 0 Å². The minimum absolute atomic E-state index is 0.0240. The van der Waals surface area contributed by atoms with Gasteiger partial charge in [-0.2, -0.15) is 5.10 Å². The third kappa shape index (κ3) is 3.82. The number of amides is 1. The molecule has 1 fully saturated rings. The molecule has 1 aliphatic rings. The van der Waals surface area contributed by atoms with Crippen LogP contribution in [0.2, 0.25) is 0 Å². The van der Waals surface area contributed by atoms with Gasteiger partial charge in [-0.1, -0.05) is 6.07 Å². The van der Waals surface area contributed by atoms with Crippen LogP contribution in [-0.2, 0) is 24.9 Å². The zero-order valence-electron chi connectivity index (χ0n) is 14.3. The van der Waals surface area contributed by atoms with Crippen LogP contribution in [0.3, 0.4) is 0 Å². The number of nitrogens with one attached hydrogen (secondary N) is 1. The number of carbonyl (C=O) groups is 1. The molecule has 0 radical (unpaired) electrons. The average molecular weight is 330 g/mol. The first-order valence-corrected chi connectivity index (χ1v) is 8.12. The summed E-state index contributed by atoms with van der Waals surface area (Å²) in [5, 5.41) is 7.12. The van der Waals surface area contributed by atoms with E-state index >= 15 is 0 Å². The third-order valence-electron chi connectivity index (χ3n) is 4.34. The highest BCUT2D eigenvalue weighted by atomic mass is 19.1. The summed E-state index contributed by atoms with van der Waals surface area (Å²) >= 11 is 0. The standard InChI is InChI=1S/C18H23FN4O/c1-22(2)10-13-6-12(4-5-17(13)19)8-20-18(24)16-7-15(16)14-9-21-23(3)11-14/h4-6,9,11,15-16H,7-8,10H2,1-3H3,(H,20,24)/t15-,16-/m0/s1. The van der Waals surface area contributed by atoms with Crippen LogP contribution in [0.4, 0.5) is 4.39 Å². The van der Waals surface area contributed by atoms with E-state index in [0.717, 1.165) is 17.5 Å². The van der Waals surface area contributed by atoms with Gasteiger partial charge in [0.25, 0.3) is 0 Å². The van der Waals surface area contributed by atoms with E-state index in [1.54, 1.807) is 10.7 Å². The van der Waals surface area contributed by atoms with Crippen molar-refractivity contribution in [1.29, 1.82) is 0 Å². The second-order valence-corrected chi connectivity index (χ2v) is 6.78. The van der Waals surface area contributed by atoms with Gasteiger partial charge < -0.3 is 10.2 Å². The van der Waals surface area contributed by atoms with E-state index in [1.807, 2.05) is 44.5 Å². The van der Waals surface area contributed by atoms with Gasteiger partial charge in [0.2, 0.25) is 5.91 Å². The summed E-state index contributed by atoms with van der Waals surface area (Å²) in [5.74, 6) is 0.145. The Hall–Kier alpha value is -2.21. The van der Waals surface area contributed by atoms with E-state index in [-0.39, 0.29) is 23.6 Å². The summed E-state index contributed by atoms with van der Waals surface area (Å²) in [7, 11) is 5.68. The monoisotopic (exact) mass is 330 g/mol. The second kappa shape index (κ2) is 6.73. The molecule has 0 spiro atoms. The predicted octanol–water partition coefficient (Wildman–Crippen LogP) is 2.04. The Labute approximate surface area is 141 Å². The van der Waals surface area contributed by atoms with Crippen LogP contribution in [-0.4, -0.2) is 34.7 Å². The van der Waals surface area contributed by atoms with Crippen LogP contribution >= 0.6 is 0 Å². The minimum Gasteiger partial charge on any atom is -0.352 e. The molecule has 1 aliphatic carbocycles. The number of hydrogen-bond acceptors (Lipinski definition) is 3. The summed E-state index contributed by atoms with van der Waals surface area (Å²) in [5.41, 5.74) is 2.68. The molecule has 0 aliphatic heterocycles. The molecule has 1 heterocycles. The van der Waals surface area contributed by atoms with Gasteiger partial charge in [0.15, 0.2) is 0 Å². The van der Waals surface area contributed by atoms with Gasteiger partial charge in [0.05, 0.1) is 6.20 Å². The molecule has 1 saturated carbocycles. The lowest BCUT2D eigenvalue weighted by Gasteiger charge is -2.12. The molecule has 0 bridgehead atoms. The molecular weight excluding hydrogens is 307 g/mol. The minimum atomic E-state index is -0.211. The zero-order valence-corrected chi connectivity index (χ0v) is 14.3. The molecule has 1 aromatic heterocycles. The highest BCUT2D eigenvalue weighted by Gasteiger charge is 2.44. The van der Waals surface area contributed by atoms with Crippen molar-refractivity contribution in [2.45, 2.75) is 25.4 Å². The van der Waals surface area contributed by atoms with Gasteiger partial charge in [-0.3, -0.25) is 9.48 Å². The lowest BCUT2D eigenvalue weighted by Crippen LogP contribution is -2.25. The maximum atomic E-state index is 13.8. The maximum absolute atomic E-state index is 13.8. The molecule has 0 unspecified atom stereocenters. The molecule has 5 nitrogen and oxygen atoms in total. The number of carbonyl (C=O) groups excluding carboxylic acids is 1. The zero-order chi connectivity index (χ0) is 17.3. The summed E-state index contributed by atoms with van der Waals surface area (Å²) in [6.07, 6.45) is 4.66. The second-order valence-electron chi connectivity index (χ2n) is 6.78. The Balaban J connectivity index is 1.55. The first kappa shape index (κ1) is 16.6. The first-order chi connectivity index (χ1) is 11.4. The van der Waals surface area contributed by atoms with E-state index in [0.29, 0.717) is 18.7 Å². The predicted molar refractivity (Wildman–Crippen MR) is 89.7 cm³/mol. The van der Waals surface area contributed by atoms with Gasteiger partial charge in [-0.05, 0) is 49.7 Å². The van der Waals surface area contributed by atoms with Crippen molar-refractivity contribution in [2.24, 2.45) is 13.0 Å². The number of halogens is 1. The molecule has 1 amide bonds. The van der Waals surface area contributed by atoms with Crippen LogP contribution in [0.5, 0.6) is 0 Å². The molecule has 6 heteroatoms. The Morgan fingerprint density at radius 2 is 2.25 bits per heavy atom. The van der Waals surface area contributed by atoms with E-state index in [2.05, 4.69) is 10.4 Å². The Morgan fingerprint density at radius 1 is 1.46 bits per heavy atom. The Bertz CT molecular complexity index is 740. The van der Waals surface area contributed by atoms with Crippen molar-refractivity contribution < 1.29 is 9.18 Å². The van der Waals surface area contributed by atoms with Gasteiger partial charge in [-0.25, -0.2) is 4.39 Å². The van der Waals surface area contributed by atoms with Gasteiger partial charge in [-0.15, -0.1) is 0 Å². The van der Waals surface area contributed by atoms with Crippen LogP contribution in [0.1, 0.15) is 29.0 Å². The van der Waals surface area contributed by atoms with Gasteiger partial charge >= 0.3 is 0 Å². The van der Waals surface area contributed by atoms with Crippen molar-refractivity contribution in [3.63, 3.8) is 0 Å². The number of nitrogens with zero attached hydrogens (tertiary/aromatic N) is 3. The van der Waals surface area contributed by atoms with Crippen molar-refractivity contribution in [1.82, 2.24) is 20.0 Å². The number of aryl methyl sites for hydroxylation is 1. The van der Waals surface area contributed by atoms with E-state index in [9.17, 15) is 9.18 Å². The fourth-order valence-corrected chi connectivity index (χ4v) is 3.00. The first-order valence-electron chi connectivity index (χ1n) is 8.12. The largest absolute Gasteiger partial charge is 0.352 e. The van der Waals surface area contributed by atoms with E-state index in [4.69, 9.17) is 0 Å². The summed E-state index contributed by atoms with van der Waals surface area (Å²) in [6.45, 7) is 0.967. The van der Waals surface area contributed by atoms with E-state index < -0.39 is 0 Å². The summed E-state index contributed by atoms with van der Waals surface area (Å²) < 4.78 is 15.5. The summed E-state index contributed by atoms with van der Waals surface area (Å²) in [4.78, 5) is 14.2. The van der Waals surface area contributed by atoms with Crippen molar-refractivity contribution in [3.05, 3.63) is 53.1 Å². The Morgan fingerprint density at radius 3 is 2.92 bits per heavy atom. The molecule has 3 rings (SSSR count). The third-order valence-corrected chi connectivity index (χ3v) is 4.34. The highest BCUT2D eigenvalue weighted by Crippen LogP contribution is 2.47. The number of aromatic nitrogens is 2. The highest BCUT2D eigenvalue weighted by molar-refractivity contribution is 5.82.